The number of nitrogens with zero attached hydrogens (tertiary/aromatic N) is 2. The van der Waals surface area contributed by atoms with Gasteiger partial charge in [0, 0.05) is 34.3 Å². The maximum absolute atomic E-state index is 15.0. The molecule has 1 aromatic heterocycles. The van der Waals surface area contributed by atoms with Gasteiger partial charge in [-0.3, -0.25) is 9.59 Å². The van der Waals surface area contributed by atoms with Crippen LogP contribution in [0.25, 0.3) is 11.3 Å². The molecule has 0 bridgehead atoms. The van der Waals surface area contributed by atoms with Crippen LogP contribution in [0.15, 0.2) is 53.2 Å². The van der Waals surface area contributed by atoms with E-state index in [9.17, 15) is 14.0 Å². The molecule has 0 atom stereocenters. The number of rotatable bonds is 6. The molecule has 4 rings (SSSR count). The van der Waals surface area contributed by atoms with Crippen molar-refractivity contribution in [3.8, 4) is 0 Å². The van der Waals surface area contributed by atoms with Crippen molar-refractivity contribution in [1.29, 1.82) is 0 Å². The summed E-state index contributed by atoms with van der Waals surface area (Å²) in [6.07, 6.45) is 0. The lowest BCUT2D eigenvalue weighted by Gasteiger charge is -2.21. The number of anilines is 3. The highest BCUT2D eigenvalue weighted by Gasteiger charge is 2.29. The molecule has 0 aliphatic carbocycles. The molecule has 6 nitrogen and oxygen atoms in total. The van der Waals surface area contributed by atoms with Gasteiger partial charge < -0.3 is 20.4 Å². The van der Waals surface area contributed by atoms with E-state index in [2.05, 4.69) is 10.6 Å². The molecule has 9 heteroatoms. The number of likely N-dealkylation sites (N-methyl/N-ethyl adjacent to an activating group) is 2. The predicted octanol–water partition coefficient (Wildman–Crippen LogP) is 5.00. The zero-order valence-electron chi connectivity index (χ0n) is 18.3. The summed E-state index contributed by atoms with van der Waals surface area (Å²) in [6, 6.07) is 11.6. The van der Waals surface area contributed by atoms with Crippen molar-refractivity contribution in [3.63, 3.8) is 0 Å². The molecule has 0 unspecified atom stereocenters. The number of hydrogen-bond donors (Lipinski definition) is 2. The summed E-state index contributed by atoms with van der Waals surface area (Å²) >= 11 is 7.57. The van der Waals surface area contributed by atoms with E-state index in [4.69, 9.17) is 11.6 Å². The molecular formula is C24H22ClFN4O2S. The Morgan fingerprint density at radius 2 is 1.94 bits per heavy atom. The standard InChI is InChI=1S/C24H22ClFN4O2S/c1-29(2)12-21(31)30(3)20-7-5-16(11-18(20)26)27-23(14-8-9-33-13-14)22-17-6-4-15(25)10-19(17)28-24(22)32/h4-11,13,27H,12H2,1-3H3,(H,28,32)/b23-22-. The number of thiophene rings is 1. The fraction of sp³-hybridized carbons (Fsp3) is 0.167. The lowest BCUT2D eigenvalue weighted by molar-refractivity contribution is -0.119. The van der Waals surface area contributed by atoms with Gasteiger partial charge in [-0.1, -0.05) is 17.7 Å². The predicted molar refractivity (Wildman–Crippen MR) is 133 cm³/mol. The summed E-state index contributed by atoms with van der Waals surface area (Å²) in [6.45, 7) is 0.170. The monoisotopic (exact) mass is 484 g/mol. The van der Waals surface area contributed by atoms with Crippen LogP contribution in [-0.4, -0.2) is 44.4 Å². The molecule has 2 aromatic carbocycles. The van der Waals surface area contributed by atoms with Gasteiger partial charge >= 0.3 is 0 Å². The van der Waals surface area contributed by atoms with E-state index < -0.39 is 5.82 Å². The van der Waals surface area contributed by atoms with Crippen molar-refractivity contribution in [2.45, 2.75) is 0 Å². The Kier molecular flexibility index (Phi) is 6.51. The van der Waals surface area contributed by atoms with Crippen LogP contribution in [0.5, 0.6) is 0 Å². The maximum atomic E-state index is 15.0. The lowest BCUT2D eigenvalue weighted by Crippen LogP contribution is -2.35. The molecule has 0 radical (unpaired) electrons. The van der Waals surface area contributed by atoms with E-state index in [1.54, 1.807) is 56.4 Å². The molecule has 170 valence electrons. The van der Waals surface area contributed by atoms with Crippen molar-refractivity contribution >= 4 is 63.1 Å². The Balaban J connectivity index is 1.72. The minimum absolute atomic E-state index is 0.170. The van der Waals surface area contributed by atoms with E-state index in [0.717, 1.165) is 5.56 Å². The molecule has 0 saturated carbocycles. The average Bonchev–Trinajstić information content (AvgIpc) is 3.38. The number of fused-ring (bicyclic) bond motifs is 1. The first-order valence-electron chi connectivity index (χ1n) is 10.1. The van der Waals surface area contributed by atoms with E-state index in [0.29, 0.717) is 33.2 Å². The number of hydrogen-bond acceptors (Lipinski definition) is 5. The summed E-state index contributed by atoms with van der Waals surface area (Å²) in [5.41, 5.74) is 3.77. The molecule has 0 fully saturated rings. The van der Waals surface area contributed by atoms with Crippen LogP contribution in [0.4, 0.5) is 21.5 Å². The molecule has 2 amide bonds. The smallest absolute Gasteiger partial charge is 0.258 e. The van der Waals surface area contributed by atoms with Crippen LogP contribution >= 0.6 is 22.9 Å². The topological polar surface area (TPSA) is 64.7 Å². The number of benzene rings is 2. The highest BCUT2D eigenvalue weighted by molar-refractivity contribution is 7.08. The van der Waals surface area contributed by atoms with Crippen LogP contribution in [0.2, 0.25) is 5.02 Å². The summed E-state index contributed by atoms with van der Waals surface area (Å²) in [4.78, 5) is 28.2. The molecule has 1 aliphatic rings. The van der Waals surface area contributed by atoms with Crippen molar-refractivity contribution in [3.05, 3.63) is 75.2 Å². The zero-order chi connectivity index (χ0) is 23.7. The highest BCUT2D eigenvalue weighted by atomic mass is 35.5. The minimum Gasteiger partial charge on any atom is -0.354 e. The number of amides is 2. The quantitative estimate of drug-likeness (QED) is 0.483. The van der Waals surface area contributed by atoms with Crippen LogP contribution in [0.1, 0.15) is 11.1 Å². The van der Waals surface area contributed by atoms with Gasteiger partial charge in [-0.15, -0.1) is 0 Å². The fourth-order valence-electron chi connectivity index (χ4n) is 3.59. The number of carbonyl (C=O) groups is 2. The third kappa shape index (κ3) is 4.78. The van der Waals surface area contributed by atoms with Gasteiger partial charge in [0.15, 0.2) is 0 Å². The molecule has 3 aromatic rings. The Labute approximate surface area is 200 Å². The highest BCUT2D eigenvalue weighted by Crippen LogP contribution is 2.39. The van der Waals surface area contributed by atoms with Gasteiger partial charge in [0.25, 0.3) is 5.91 Å². The van der Waals surface area contributed by atoms with Crippen LogP contribution in [0.3, 0.4) is 0 Å². The summed E-state index contributed by atoms with van der Waals surface area (Å²) in [5, 5.41) is 10.4. The molecule has 2 heterocycles. The first-order valence-corrected chi connectivity index (χ1v) is 11.4. The Bertz CT molecular complexity index is 1260. The third-order valence-corrected chi connectivity index (χ3v) is 6.11. The first-order chi connectivity index (χ1) is 15.7. The largest absolute Gasteiger partial charge is 0.354 e. The summed E-state index contributed by atoms with van der Waals surface area (Å²) in [5.74, 6) is -1.04. The Morgan fingerprint density at radius 1 is 1.15 bits per heavy atom. The van der Waals surface area contributed by atoms with Gasteiger partial charge in [-0.05, 0) is 55.9 Å². The molecule has 33 heavy (non-hydrogen) atoms. The Morgan fingerprint density at radius 3 is 2.61 bits per heavy atom. The lowest BCUT2D eigenvalue weighted by atomic mass is 10.0. The Hall–Kier alpha value is -3.20. The molecule has 2 N–H and O–H groups in total. The maximum Gasteiger partial charge on any atom is 0.258 e. The van der Waals surface area contributed by atoms with Gasteiger partial charge in [0.05, 0.1) is 29.2 Å². The van der Waals surface area contributed by atoms with E-state index >= 15 is 0 Å². The molecular weight excluding hydrogens is 463 g/mol. The summed E-state index contributed by atoms with van der Waals surface area (Å²) in [7, 11) is 5.10. The van der Waals surface area contributed by atoms with Crippen molar-refractivity contribution in [2.75, 3.05) is 43.2 Å². The number of carbonyl (C=O) groups excluding carboxylic acids is 2. The number of nitrogens with one attached hydrogen (secondary N) is 2. The van der Waals surface area contributed by atoms with E-state index in [1.807, 2.05) is 16.8 Å². The molecule has 0 saturated heterocycles. The zero-order valence-corrected chi connectivity index (χ0v) is 19.9. The van der Waals surface area contributed by atoms with Crippen molar-refractivity contribution < 1.29 is 14.0 Å². The second-order valence-electron chi connectivity index (χ2n) is 7.89. The second-order valence-corrected chi connectivity index (χ2v) is 9.10. The number of halogens is 2. The van der Waals surface area contributed by atoms with Gasteiger partial charge in [-0.2, -0.15) is 11.3 Å². The van der Waals surface area contributed by atoms with E-state index in [1.165, 1.54) is 22.3 Å². The van der Waals surface area contributed by atoms with Gasteiger partial charge in [0.1, 0.15) is 5.82 Å². The van der Waals surface area contributed by atoms with Gasteiger partial charge in [-0.25, -0.2) is 4.39 Å². The SMILES string of the molecule is CN(C)CC(=O)N(C)c1ccc(N/C(=C2\C(=O)Nc3cc(Cl)ccc32)c2ccsc2)cc1F. The normalized spacial score (nSPS) is 14.2. The van der Waals surface area contributed by atoms with E-state index in [-0.39, 0.29) is 24.0 Å². The minimum atomic E-state index is -0.549. The van der Waals surface area contributed by atoms with Crippen LogP contribution < -0.4 is 15.5 Å². The van der Waals surface area contributed by atoms with Crippen LogP contribution in [-0.2, 0) is 9.59 Å². The molecule has 1 aliphatic heterocycles. The fourth-order valence-corrected chi connectivity index (χ4v) is 4.41. The molecule has 0 spiro atoms. The van der Waals surface area contributed by atoms with Crippen LogP contribution in [0, 0.1) is 5.82 Å². The first kappa shape index (κ1) is 23.0. The van der Waals surface area contributed by atoms with Gasteiger partial charge in [0.2, 0.25) is 5.91 Å². The van der Waals surface area contributed by atoms with Crippen molar-refractivity contribution in [1.82, 2.24) is 4.90 Å². The summed E-state index contributed by atoms with van der Waals surface area (Å²) < 4.78 is 15.0. The second kappa shape index (κ2) is 9.35. The average molecular weight is 485 g/mol. The third-order valence-electron chi connectivity index (χ3n) is 5.19. The van der Waals surface area contributed by atoms with Crippen molar-refractivity contribution in [2.24, 2.45) is 0 Å².